The molecule has 0 bridgehead atoms. The van der Waals surface area contributed by atoms with Gasteiger partial charge in [-0.05, 0) is 32.0 Å². The van der Waals surface area contributed by atoms with Crippen molar-refractivity contribution >= 4 is 5.91 Å². The molecule has 0 saturated carbocycles. The van der Waals surface area contributed by atoms with Gasteiger partial charge in [0.15, 0.2) is 0 Å². The number of amides is 1. The maximum absolute atomic E-state index is 11.7. The second kappa shape index (κ2) is 5.14. The zero-order valence-electron chi connectivity index (χ0n) is 11.4. The third-order valence-electron chi connectivity index (χ3n) is 2.99. The smallest absolute Gasteiger partial charge is 0.251 e. The van der Waals surface area contributed by atoms with Gasteiger partial charge in [0, 0.05) is 18.2 Å². The van der Waals surface area contributed by atoms with Crippen LogP contribution in [0.15, 0.2) is 22.7 Å². The molecular formula is C14H16N2O3. The van der Waals surface area contributed by atoms with E-state index in [9.17, 15) is 4.79 Å². The second-order valence-electron chi connectivity index (χ2n) is 4.19. The highest BCUT2D eigenvalue weighted by atomic mass is 16.5. The van der Waals surface area contributed by atoms with E-state index in [1.165, 1.54) is 0 Å². The first-order chi connectivity index (χ1) is 9.08. The van der Waals surface area contributed by atoms with Crippen LogP contribution in [-0.4, -0.2) is 25.2 Å². The number of methoxy groups -OCH3 is 1. The summed E-state index contributed by atoms with van der Waals surface area (Å²) in [5.74, 6) is 1.24. The number of rotatable bonds is 3. The van der Waals surface area contributed by atoms with Gasteiger partial charge in [-0.1, -0.05) is 5.16 Å². The Morgan fingerprint density at radius 3 is 2.63 bits per heavy atom. The lowest BCUT2D eigenvalue weighted by molar-refractivity contribution is 0.0963. The second-order valence-corrected chi connectivity index (χ2v) is 4.19. The van der Waals surface area contributed by atoms with Gasteiger partial charge in [0.2, 0.25) is 0 Å². The maximum atomic E-state index is 11.7. The molecule has 0 spiro atoms. The van der Waals surface area contributed by atoms with Gasteiger partial charge in [-0.2, -0.15) is 0 Å². The van der Waals surface area contributed by atoms with E-state index < -0.39 is 0 Å². The van der Waals surface area contributed by atoms with E-state index in [1.54, 1.807) is 32.4 Å². The predicted molar refractivity (Wildman–Crippen MR) is 71.4 cm³/mol. The number of carbonyl (C=O) groups excluding carboxylic acids is 1. The number of carbonyl (C=O) groups is 1. The van der Waals surface area contributed by atoms with Crippen molar-refractivity contribution in [1.82, 2.24) is 10.5 Å². The average molecular weight is 260 g/mol. The highest BCUT2D eigenvalue weighted by molar-refractivity contribution is 5.96. The zero-order chi connectivity index (χ0) is 14.0. The summed E-state index contributed by atoms with van der Waals surface area (Å²) >= 11 is 0. The number of aromatic nitrogens is 1. The molecule has 5 nitrogen and oxygen atoms in total. The SMILES string of the molecule is CNC(=O)c1ccc(OC)c(-c2c(C)noc2C)c1. The molecule has 19 heavy (non-hydrogen) atoms. The van der Waals surface area contributed by atoms with Gasteiger partial charge in [-0.15, -0.1) is 0 Å². The number of aryl methyl sites for hydroxylation is 2. The van der Waals surface area contributed by atoms with E-state index >= 15 is 0 Å². The standard InChI is InChI=1S/C14H16N2O3/c1-8-13(9(2)19-16-8)11-7-10(14(17)15-3)5-6-12(11)18-4/h5-7H,1-4H3,(H,15,17). The highest BCUT2D eigenvalue weighted by Crippen LogP contribution is 2.35. The fourth-order valence-corrected chi connectivity index (χ4v) is 2.06. The number of ether oxygens (including phenoxy) is 1. The van der Waals surface area contributed by atoms with Gasteiger partial charge in [-0.25, -0.2) is 0 Å². The summed E-state index contributed by atoms with van der Waals surface area (Å²) in [4.78, 5) is 11.7. The number of benzene rings is 1. The van der Waals surface area contributed by atoms with Crippen LogP contribution in [0.4, 0.5) is 0 Å². The Hall–Kier alpha value is -2.30. The fraction of sp³-hybridized carbons (Fsp3) is 0.286. The van der Waals surface area contributed by atoms with Crippen molar-refractivity contribution in [3.05, 3.63) is 35.2 Å². The van der Waals surface area contributed by atoms with Crippen LogP contribution in [-0.2, 0) is 0 Å². The van der Waals surface area contributed by atoms with Crippen LogP contribution >= 0.6 is 0 Å². The first-order valence-corrected chi connectivity index (χ1v) is 5.91. The van der Waals surface area contributed by atoms with E-state index in [4.69, 9.17) is 9.26 Å². The first kappa shape index (κ1) is 13.1. The molecule has 2 rings (SSSR count). The van der Waals surface area contributed by atoms with E-state index in [2.05, 4.69) is 10.5 Å². The van der Waals surface area contributed by atoms with Crippen molar-refractivity contribution in [2.24, 2.45) is 0 Å². The quantitative estimate of drug-likeness (QED) is 0.919. The molecule has 100 valence electrons. The maximum Gasteiger partial charge on any atom is 0.251 e. The van der Waals surface area contributed by atoms with Crippen molar-refractivity contribution in [3.8, 4) is 16.9 Å². The third-order valence-corrected chi connectivity index (χ3v) is 2.99. The Balaban J connectivity index is 2.63. The minimum Gasteiger partial charge on any atom is -0.496 e. The van der Waals surface area contributed by atoms with Crippen LogP contribution in [0.25, 0.3) is 11.1 Å². The molecule has 0 saturated heterocycles. The van der Waals surface area contributed by atoms with Crippen molar-refractivity contribution in [1.29, 1.82) is 0 Å². The van der Waals surface area contributed by atoms with Gasteiger partial charge in [0.1, 0.15) is 11.5 Å². The topological polar surface area (TPSA) is 64.4 Å². The zero-order valence-corrected chi connectivity index (χ0v) is 11.4. The molecule has 2 aromatic rings. The monoisotopic (exact) mass is 260 g/mol. The van der Waals surface area contributed by atoms with Crippen LogP contribution in [0.5, 0.6) is 5.75 Å². The fourth-order valence-electron chi connectivity index (χ4n) is 2.06. The molecule has 1 aromatic heterocycles. The average Bonchev–Trinajstić information content (AvgIpc) is 2.76. The number of nitrogens with zero attached hydrogens (tertiary/aromatic N) is 1. The molecule has 1 N–H and O–H groups in total. The van der Waals surface area contributed by atoms with Crippen LogP contribution in [0.3, 0.4) is 0 Å². The lowest BCUT2D eigenvalue weighted by Gasteiger charge is -2.10. The molecule has 0 aliphatic rings. The van der Waals surface area contributed by atoms with Crippen molar-refractivity contribution < 1.29 is 14.1 Å². The summed E-state index contributed by atoms with van der Waals surface area (Å²) < 4.78 is 10.5. The lowest BCUT2D eigenvalue weighted by atomic mass is 10.00. The van der Waals surface area contributed by atoms with E-state index in [0.717, 1.165) is 16.8 Å². The number of nitrogens with one attached hydrogen (secondary N) is 1. The number of hydrogen-bond donors (Lipinski definition) is 1. The van der Waals surface area contributed by atoms with Gasteiger partial charge < -0.3 is 14.6 Å². The van der Waals surface area contributed by atoms with Crippen molar-refractivity contribution in [2.45, 2.75) is 13.8 Å². The Morgan fingerprint density at radius 2 is 2.11 bits per heavy atom. The Bertz CT molecular complexity index is 598. The Kier molecular flexibility index (Phi) is 3.55. The molecule has 0 fully saturated rings. The first-order valence-electron chi connectivity index (χ1n) is 5.91. The molecule has 0 atom stereocenters. The summed E-state index contributed by atoms with van der Waals surface area (Å²) in [7, 11) is 3.19. The summed E-state index contributed by atoms with van der Waals surface area (Å²) in [6.45, 7) is 3.69. The summed E-state index contributed by atoms with van der Waals surface area (Å²) in [5.41, 5.74) is 3.01. The van der Waals surface area contributed by atoms with E-state index in [-0.39, 0.29) is 5.91 Å². The Labute approximate surface area is 111 Å². The third kappa shape index (κ3) is 2.31. The van der Waals surface area contributed by atoms with E-state index in [1.807, 2.05) is 13.8 Å². The molecule has 0 aliphatic heterocycles. The molecule has 5 heteroatoms. The molecule has 1 heterocycles. The summed E-state index contributed by atoms with van der Waals surface area (Å²) in [5, 5.41) is 6.53. The van der Waals surface area contributed by atoms with Gasteiger partial charge in [0.25, 0.3) is 5.91 Å². The minimum absolute atomic E-state index is 0.143. The van der Waals surface area contributed by atoms with Crippen LogP contribution in [0, 0.1) is 13.8 Å². The molecule has 1 amide bonds. The van der Waals surface area contributed by atoms with Gasteiger partial charge in [0.05, 0.1) is 18.4 Å². The van der Waals surface area contributed by atoms with Gasteiger partial charge in [-0.3, -0.25) is 4.79 Å². The van der Waals surface area contributed by atoms with Crippen LogP contribution < -0.4 is 10.1 Å². The molecule has 0 unspecified atom stereocenters. The molecule has 1 aromatic carbocycles. The largest absolute Gasteiger partial charge is 0.496 e. The minimum atomic E-state index is -0.143. The lowest BCUT2D eigenvalue weighted by Crippen LogP contribution is -2.17. The van der Waals surface area contributed by atoms with Crippen LogP contribution in [0.1, 0.15) is 21.8 Å². The van der Waals surface area contributed by atoms with E-state index in [0.29, 0.717) is 17.1 Å². The summed E-state index contributed by atoms with van der Waals surface area (Å²) in [6.07, 6.45) is 0. The Morgan fingerprint density at radius 1 is 1.37 bits per heavy atom. The van der Waals surface area contributed by atoms with Crippen molar-refractivity contribution in [2.75, 3.05) is 14.2 Å². The molecular weight excluding hydrogens is 244 g/mol. The summed E-state index contributed by atoms with van der Waals surface area (Å²) in [6, 6.07) is 5.27. The van der Waals surface area contributed by atoms with Gasteiger partial charge >= 0.3 is 0 Å². The highest BCUT2D eigenvalue weighted by Gasteiger charge is 2.17. The molecule has 0 radical (unpaired) electrons. The molecule has 0 aliphatic carbocycles. The predicted octanol–water partition coefficient (Wildman–Crippen LogP) is 2.33. The van der Waals surface area contributed by atoms with Crippen LogP contribution in [0.2, 0.25) is 0 Å². The normalized spacial score (nSPS) is 10.3. The van der Waals surface area contributed by atoms with Crippen molar-refractivity contribution in [3.63, 3.8) is 0 Å². The number of hydrogen-bond acceptors (Lipinski definition) is 4.